The van der Waals surface area contributed by atoms with Crippen LogP contribution in [0.15, 0.2) is 18.2 Å². The van der Waals surface area contributed by atoms with Gasteiger partial charge in [-0.05, 0) is 32.4 Å². The summed E-state index contributed by atoms with van der Waals surface area (Å²) < 4.78 is 0. The summed E-state index contributed by atoms with van der Waals surface area (Å²) in [5.74, 6) is 7.90. The van der Waals surface area contributed by atoms with Crippen molar-refractivity contribution in [2.75, 3.05) is 17.4 Å². The van der Waals surface area contributed by atoms with Crippen LogP contribution in [-0.4, -0.2) is 17.0 Å². The van der Waals surface area contributed by atoms with Gasteiger partial charge in [-0.3, -0.25) is 0 Å². The third kappa shape index (κ3) is 2.97. The minimum absolute atomic E-state index is 0.675. The van der Waals surface area contributed by atoms with Gasteiger partial charge in [0.05, 0.1) is 0 Å². The quantitative estimate of drug-likeness (QED) is 0.667. The molecule has 0 atom stereocenters. The lowest BCUT2D eigenvalue weighted by Crippen LogP contribution is -2.19. The van der Waals surface area contributed by atoms with Crippen LogP contribution >= 0.6 is 0 Å². The normalized spacial score (nSPS) is 10.6. The highest BCUT2D eigenvalue weighted by atomic mass is 15.3. The molecule has 0 saturated carbocycles. The highest BCUT2D eigenvalue weighted by molar-refractivity contribution is 5.69. The molecule has 0 unspecified atom stereocenters. The van der Waals surface area contributed by atoms with E-state index in [9.17, 15) is 0 Å². The van der Waals surface area contributed by atoms with Crippen LogP contribution in [0.4, 0.5) is 17.3 Å². The number of rotatable bonds is 4. The number of aryl methyl sites for hydroxylation is 3. The Labute approximate surface area is 126 Å². The number of aromatic nitrogens is 2. The van der Waals surface area contributed by atoms with Crippen LogP contribution < -0.4 is 16.2 Å². The molecule has 0 amide bonds. The molecule has 1 heterocycles. The Kier molecular flexibility index (Phi) is 4.43. The van der Waals surface area contributed by atoms with Gasteiger partial charge in [0.25, 0.3) is 0 Å². The van der Waals surface area contributed by atoms with Gasteiger partial charge in [0.2, 0.25) is 0 Å². The van der Waals surface area contributed by atoms with Crippen molar-refractivity contribution in [2.45, 2.75) is 34.1 Å². The summed E-state index contributed by atoms with van der Waals surface area (Å²) in [6.07, 6.45) is 0.767. The zero-order valence-electron chi connectivity index (χ0n) is 13.4. The topological polar surface area (TPSA) is 67.1 Å². The predicted octanol–water partition coefficient (Wildman–Crippen LogP) is 3.02. The van der Waals surface area contributed by atoms with Crippen molar-refractivity contribution < 1.29 is 0 Å². The zero-order valence-corrected chi connectivity index (χ0v) is 13.4. The molecule has 3 N–H and O–H groups in total. The summed E-state index contributed by atoms with van der Waals surface area (Å²) in [6, 6.07) is 6.40. The molecule has 21 heavy (non-hydrogen) atoms. The highest BCUT2D eigenvalue weighted by Crippen LogP contribution is 2.30. The highest BCUT2D eigenvalue weighted by Gasteiger charge is 2.15. The van der Waals surface area contributed by atoms with Gasteiger partial charge in [-0.15, -0.1) is 0 Å². The standard InChI is InChI=1S/C16H23N5/c1-6-14-18-15(20-17)12(4)16(19-14)21(5)13-8-7-10(2)9-11(13)3/h7-9H,6,17H2,1-5H3,(H,18,19,20). The van der Waals surface area contributed by atoms with Crippen LogP contribution in [0.1, 0.15) is 29.4 Å². The minimum Gasteiger partial charge on any atom is -0.329 e. The molecular formula is C16H23N5. The molecular weight excluding hydrogens is 262 g/mol. The number of hydrazine groups is 1. The third-order valence-corrected chi connectivity index (χ3v) is 3.65. The molecule has 0 aliphatic heterocycles. The van der Waals surface area contributed by atoms with Crippen LogP contribution in [0.25, 0.3) is 0 Å². The van der Waals surface area contributed by atoms with E-state index >= 15 is 0 Å². The van der Waals surface area contributed by atoms with Gasteiger partial charge < -0.3 is 10.3 Å². The smallest absolute Gasteiger partial charge is 0.148 e. The number of hydrogen-bond acceptors (Lipinski definition) is 5. The van der Waals surface area contributed by atoms with E-state index in [0.717, 1.165) is 29.3 Å². The van der Waals surface area contributed by atoms with Crippen LogP contribution in [0.5, 0.6) is 0 Å². The average Bonchev–Trinajstić information content (AvgIpc) is 2.47. The molecule has 2 aromatic rings. The number of nitrogen functional groups attached to an aromatic ring is 1. The van der Waals surface area contributed by atoms with Crippen LogP contribution in [0, 0.1) is 20.8 Å². The summed E-state index contributed by atoms with van der Waals surface area (Å²) in [4.78, 5) is 11.2. The summed E-state index contributed by atoms with van der Waals surface area (Å²) in [6.45, 7) is 8.21. The molecule has 0 fully saturated rings. The monoisotopic (exact) mass is 285 g/mol. The number of hydrogen-bond donors (Lipinski definition) is 2. The largest absolute Gasteiger partial charge is 0.329 e. The van der Waals surface area contributed by atoms with E-state index in [1.807, 2.05) is 20.9 Å². The maximum atomic E-state index is 5.57. The Morgan fingerprint density at radius 2 is 1.90 bits per heavy atom. The molecule has 5 heteroatoms. The Bertz CT molecular complexity index is 651. The number of nitrogens with one attached hydrogen (secondary N) is 1. The summed E-state index contributed by atoms with van der Waals surface area (Å²) in [5, 5.41) is 0. The fourth-order valence-electron chi connectivity index (χ4n) is 2.47. The first kappa shape index (κ1) is 15.3. The predicted molar refractivity (Wildman–Crippen MR) is 87.9 cm³/mol. The zero-order chi connectivity index (χ0) is 15.6. The van der Waals surface area contributed by atoms with Crippen LogP contribution in [0.2, 0.25) is 0 Å². The maximum Gasteiger partial charge on any atom is 0.148 e. The van der Waals surface area contributed by atoms with Crippen molar-refractivity contribution >= 4 is 17.3 Å². The maximum absolute atomic E-state index is 5.57. The first-order valence-corrected chi connectivity index (χ1v) is 7.13. The van der Waals surface area contributed by atoms with E-state index < -0.39 is 0 Å². The van der Waals surface area contributed by atoms with Crippen molar-refractivity contribution in [1.82, 2.24) is 9.97 Å². The summed E-state index contributed by atoms with van der Waals surface area (Å²) >= 11 is 0. The molecule has 0 spiro atoms. The van der Waals surface area contributed by atoms with Crippen molar-refractivity contribution in [1.29, 1.82) is 0 Å². The second-order valence-electron chi connectivity index (χ2n) is 5.28. The van der Waals surface area contributed by atoms with Gasteiger partial charge in [0.15, 0.2) is 0 Å². The minimum atomic E-state index is 0.675. The van der Waals surface area contributed by atoms with Crippen molar-refractivity contribution in [3.63, 3.8) is 0 Å². The Morgan fingerprint density at radius 1 is 1.19 bits per heavy atom. The number of benzene rings is 1. The van der Waals surface area contributed by atoms with Gasteiger partial charge in [-0.1, -0.05) is 24.6 Å². The van der Waals surface area contributed by atoms with E-state index in [0.29, 0.717) is 5.82 Å². The molecule has 0 aliphatic carbocycles. The summed E-state index contributed by atoms with van der Waals surface area (Å²) in [5.41, 5.74) is 7.21. The SMILES string of the molecule is CCc1nc(NN)c(C)c(N(C)c2ccc(C)cc2C)n1. The second kappa shape index (κ2) is 6.10. The molecule has 5 nitrogen and oxygen atoms in total. The Balaban J connectivity index is 2.54. The molecule has 0 saturated heterocycles. The number of anilines is 3. The molecule has 0 aliphatic rings. The van der Waals surface area contributed by atoms with E-state index in [4.69, 9.17) is 5.84 Å². The van der Waals surface area contributed by atoms with Crippen molar-refractivity contribution in [2.24, 2.45) is 5.84 Å². The first-order valence-electron chi connectivity index (χ1n) is 7.13. The molecule has 2 rings (SSSR count). The van der Waals surface area contributed by atoms with Gasteiger partial charge in [-0.2, -0.15) is 0 Å². The number of nitrogens with two attached hydrogens (primary N) is 1. The van der Waals surface area contributed by atoms with Gasteiger partial charge in [0, 0.05) is 24.7 Å². The van der Waals surface area contributed by atoms with E-state index in [1.54, 1.807) is 0 Å². The van der Waals surface area contributed by atoms with Crippen molar-refractivity contribution in [3.8, 4) is 0 Å². The molecule has 0 bridgehead atoms. The van der Waals surface area contributed by atoms with Gasteiger partial charge in [-0.25, -0.2) is 15.8 Å². The van der Waals surface area contributed by atoms with Gasteiger partial charge >= 0.3 is 0 Å². The van der Waals surface area contributed by atoms with E-state index in [-0.39, 0.29) is 0 Å². The second-order valence-corrected chi connectivity index (χ2v) is 5.28. The fourth-order valence-corrected chi connectivity index (χ4v) is 2.47. The van der Waals surface area contributed by atoms with E-state index in [1.165, 1.54) is 11.1 Å². The van der Waals surface area contributed by atoms with E-state index in [2.05, 4.69) is 52.3 Å². The van der Waals surface area contributed by atoms with Crippen LogP contribution in [0.3, 0.4) is 0 Å². The lowest BCUT2D eigenvalue weighted by molar-refractivity contribution is 0.912. The molecule has 1 aromatic heterocycles. The summed E-state index contributed by atoms with van der Waals surface area (Å²) in [7, 11) is 2.02. The lowest BCUT2D eigenvalue weighted by Gasteiger charge is -2.24. The lowest BCUT2D eigenvalue weighted by atomic mass is 10.1. The fraction of sp³-hybridized carbons (Fsp3) is 0.375. The van der Waals surface area contributed by atoms with Gasteiger partial charge in [0.1, 0.15) is 17.5 Å². The van der Waals surface area contributed by atoms with Crippen molar-refractivity contribution in [3.05, 3.63) is 40.7 Å². The molecule has 0 radical (unpaired) electrons. The Hall–Kier alpha value is -2.14. The first-order chi connectivity index (χ1) is 9.97. The molecule has 1 aromatic carbocycles. The Morgan fingerprint density at radius 3 is 2.48 bits per heavy atom. The average molecular weight is 285 g/mol. The molecule has 112 valence electrons. The number of nitrogens with zero attached hydrogens (tertiary/aromatic N) is 3. The third-order valence-electron chi connectivity index (χ3n) is 3.65. The van der Waals surface area contributed by atoms with Crippen LogP contribution in [-0.2, 0) is 6.42 Å².